The van der Waals surface area contributed by atoms with E-state index in [1.165, 1.54) is 5.56 Å². The molecule has 1 aliphatic rings. The third-order valence-corrected chi connectivity index (χ3v) is 3.84. The molecule has 0 aliphatic carbocycles. The molecule has 2 rings (SSSR count). The van der Waals surface area contributed by atoms with Crippen molar-refractivity contribution in [3.63, 3.8) is 0 Å². The van der Waals surface area contributed by atoms with Crippen LogP contribution in [0.15, 0.2) is 24.3 Å². The predicted octanol–water partition coefficient (Wildman–Crippen LogP) is 2.29. The van der Waals surface area contributed by atoms with Gasteiger partial charge in [0.15, 0.2) is 0 Å². The number of aliphatic hydroxyl groups is 1. The van der Waals surface area contributed by atoms with Crippen molar-refractivity contribution < 1.29 is 9.84 Å². The van der Waals surface area contributed by atoms with Gasteiger partial charge in [0.05, 0.1) is 12.7 Å². The van der Waals surface area contributed by atoms with E-state index in [-0.39, 0.29) is 6.10 Å². The summed E-state index contributed by atoms with van der Waals surface area (Å²) in [4.78, 5) is 2.39. The summed E-state index contributed by atoms with van der Waals surface area (Å²) in [7, 11) is 0. The minimum Gasteiger partial charge on any atom is -0.493 e. The molecular formula is C17H23NO2. The SMILES string of the molecule is C#CCCOc1ccc(CN2CCC(C(C)O)C2)cc1. The maximum Gasteiger partial charge on any atom is 0.119 e. The van der Waals surface area contributed by atoms with Gasteiger partial charge in [0.2, 0.25) is 0 Å². The lowest BCUT2D eigenvalue weighted by atomic mass is 10.0. The summed E-state index contributed by atoms with van der Waals surface area (Å²) < 4.78 is 5.53. The highest BCUT2D eigenvalue weighted by Crippen LogP contribution is 2.22. The molecule has 1 saturated heterocycles. The summed E-state index contributed by atoms with van der Waals surface area (Å²) in [6.07, 6.45) is 6.71. The lowest BCUT2D eigenvalue weighted by molar-refractivity contribution is 0.127. The van der Waals surface area contributed by atoms with Gasteiger partial charge >= 0.3 is 0 Å². The van der Waals surface area contributed by atoms with Crippen molar-refractivity contribution in [1.82, 2.24) is 4.90 Å². The lowest BCUT2D eigenvalue weighted by Gasteiger charge is -2.17. The highest BCUT2D eigenvalue weighted by Gasteiger charge is 2.25. The van der Waals surface area contributed by atoms with E-state index in [1.807, 2.05) is 19.1 Å². The number of benzene rings is 1. The van der Waals surface area contributed by atoms with Crippen molar-refractivity contribution in [1.29, 1.82) is 0 Å². The number of terminal acetylenes is 1. The molecule has 20 heavy (non-hydrogen) atoms. The van der Waals surface area contributed by atoms with Crippen LogP contribution in [0, 0.1) is 18.3 Å². The Kier molecular flexibility index (Phi) is 5.46. The highest BCUT2D eigenvalue weighted by molar-refractivity contribution is 5.27. The molecule has 1 fully saturated rings. The van der Waals surface area contributed by atoms with Crippen molar-refractivity contribution in [3.8, 4) is 18.1 Å². The Bertz CT molecular complexity index is 447. The van der Waals surface area contributed by atoms with E-state index in [0.29, 0.717) is 18.9 Å². The molecule has 0 aromatic heterocycles. The van der Waals surface area contributed by atoms with E-state index in [4.69, 9.17) is 11.2 Å². The van der Waals surface area contributed by atoms with Crippen LogP contribution < -0.4 is 4.74 Å². The van der Waals surface area contributed by atoms with Crippen molar-refractivity contribution >= 4 is 0 Å². The third-order valence-electron chi connectivity index (χ3n) is 3.84. The molecule has 0 bridgehead atoms. The second kappa shape index (κ2) is 7.33. The lowest BCUT2D eigenvalue weighted by Crippen LogP contribution is -2.23. The molecular weight excluding hydrogens is 250 g/mol. The topological polar surface area (TPSA) is 32.7 Å². The van der Waals surface area contributed by atoms with Crippen LogP contribution in [-0.4, -0.2) is 35.8 Å². The number of nitrogens with zero attached hydrogens (tertiary/aromatic N) is 1. The van der Waals surface area contributed by atoms with Crippen LogP contribution in [0.3, 0.4) is 0 Å². The second-order valence-electron chi connectivity index (χ2n) is 5.47. The number of hydrogen-bond acceptors (Lipinski definition) is 3. The van der Waals surface area contributed by atoms with Gasteiger partial charge in [-0.05, 0) is 43.5 Å². The maximum absolute atomic E-state index is 9.62. The van der Waals surface area contributed by atoms with Crippen LogP contribution in [-0.2, 0) is 6.54 Å². The molecule has 1 aromatic rings. The quantitative estimate of drug-likeness (QED) is 0.637. The van der Waals surface area contributed by atoms with Crippen LogP contribution in [0.5, 0.6) is 5.75 Å². The Morgan fingerprint density at radius 1 is 1.45 bits per heavy atom. The fraction of sp³-hybridized carbons (Fsp3) is 0.529. The molecule has 0 radical (unpaired) electrons. The van der Waals surface area contributed by atoms with E-state index >= 15 is 0 Å². The Labute approximate surface area is 121 Å². The fourth-order valence-electron chi connectivity index (χ4n) is 2.58. The number of ether oxygens (including phenoxy) is 1. The van der Waals surface area contributed by atoms with E-state index in [0.717, 1.165) is 31.8 Å². The first-order valence-corrected chi connectivity index (χ1v) is 7.24. The van der Waals surface area contributed by atoms with Crippen LogP contribution in [0.4, 0.5) is 0 Å². The molecule has 0 amide bonds. The highest BCUT2D eigenvalue weighted by atomic mass is 16.5. The molecule has 3 nitrogen and oxygen atoms in total. The monoisotopic (exact) mass is 273 g/mol. The van der Waals surface area contributed by atoms with Crippen LogP contribution in [0.1, 0.15) is 25.3 Å². The smallest absolute Gasteiger partial charge is 0.119 e. The number of hydrogen-bond donors (Lipinski definition) is 1. The predicted molar refractivity (Wildman–Crippen MR) is 80.5 cm³/mol. The van der Waals surface area contributed by atoms with Gasteiger partial charge < -0.3 is 9.84 Å². The zero-order valence-corrected chi connectivity index (χ0v) is 12.1. The first kappa shape index (κ1) is 14.9. The van der Waals surface area contributed by atoms with Gasteiger partial charge in [0.1, 0.15) is 5.75 Å². The van der Waals surface area contributed by atoms with Gasteiger partial charge in [-0.3, -0.25) is 4.90 Å². The summed E-state index contributed by atoms with van der Waals surface area (Å²) in [5.74, 6) is 3.84. The molecule has 2 atom stereocenters. The maximum atomic E-state index is 9.62. The number of rotatable bonds is 6. The normalized spacial score (nSPS) is 20.6. The summed E-state index contributed by atoms with van der Waals surface area (Å²) in [6.45, 7) is 5.44. The molecule has 2 unspecified atom stereocenters. The Morgan fingerprint density at radius 3 is 2.80 bits per heavy atom. The van der Waals surface area contributed by atoms with Gasteiger partial charge in [-0.2, -0.15) is 0 Å². The Balaban J connectivity index is 1.81. The average Bonchev–Trinajstić information content (AvgIpc) is 2.90. The molecule has 1 aromatic carbocycles. The molecule has 0 spiro atoms. The molecule has 0 saturated carbocycles. The van der Waals surface area contributed by atoms with Gasteiger partial charge in [-0.15, -0.1) is 12.3 Å². The third kappa shape index (κ3) is 4.26. The number of aliphatic hydroxyl groups excluding tert-OH is 1. The molecule has 1 N–H and O–H groups in total. The van der Waals surface area contributed by atoms with Gasteiger partial charge in [-0.1, -0.05) is 12.1 Å². The van der Waals surface area contributed by atoms with Crippen LogP contribution >= 0.6 is 0 Å². The first-order valence-electron chi connectivity index (χ1n) is 7.24. The van der Waals surface area contributed by atoms with E-state index < -0.39 is 0 Å². The Hall–Kier alpha value is -1.50. The fourth-order valence-corrected chi connectivity index (χ4v) is 2.58. The number of likely N-dealkylation sites (tertiary alicyclic amines) is 1. The summed E-state index contributed by atoms with van der Waals surface area (Å²) in [5.41, 5.74) is 1.28. The van der Waals surface area contributed by atoms with Crippen molar-refractivity contribution in [3.05, 3.63) is 29.8 Å². The second-order valence-corrected chi connectivity index (χ2v) is 5.47. The van der Waals surface area contributed by atoms with E-state index in [1.54, 1.807) is 0 Å². The zero-order chi connectivity index (χ0) is 14.4. The van der Waals surface area contributed by atoms with Crippen molar-refractivity contribution in [2.75, 3.05) is 19.7 Å². The standard InChI is InChI=1S/C17H23NO2/c1-3-4-11-20-17-7-5-15(6-8-17)12-18-10-9-16(13-18)14(2)19/h1,5-8,14,16,19H,4,9-13H2,2H3. The minimum atomic E-state index is -0.202. The summed E-state index contributed by atoms with van der Waals surface area (Å²) in [5, 5.41) is 9.62. The zero-order valence-electron chi connectivity index (χ0n) is 12.1. The van der Waals surface area contributed by atoms with E-state index in [9.17, 15) is 5.11 Å². The minimum absolute atomic E-state index is 0.202. The molecule has 1 heterocycles. The van der Waals surface area contributed by atoms with Crippen LogP contribution in [0.2, 0.25) is 0 Å². The first-order chi connectivity index (χ1) is 9.69. The van der Waals surface area contributed by atoms with Gasteiger partial charge in [0, 0.05) is 19.5 Å². The molecule has 108 valence electrons. The molecule has 1 aliphatic heterocycles. The van der Waals surface area contributed by atoms with Crippen molar-refractivity contribution in [2.45, 2.75) is 32.4 Å². The van der Waals surface area contributed by atoms with E-state index in [2.05, 4.69) is 23.0 Å². The summed E-state index contributed by atoms with van der Waals surface area (Å²) >= 11 is 0. The van der Waals surface area contributed by atoms with Crippen LogP contribution in [0.25, 0.3) is 0 Å². The largest absolute Gasteiger partial charge is 0.493 e. The Morgan fingerprint density at radius 2 is 2.20 bits per heavy atom. The van der Waals surface area contributed by atoms with Gasteiger partial charge in [-0.25, -0.2) is 0 Å². The molecule has 3 heteroatoms. The van der Waals surface area contributed by atoms with Gasteiger partial charge in [0.25, 0.3) is 0 Å². The average molecular weight is 273 g/mol. The van der Waals surface area contributed by atoms with Crippen molar-refractivity contribution in [2.24, 2.45) is 5.92 Å². The summed E-state index contributed by atoms with van der Waals surface area (Å²) in [6, 6.07) is 8.18.